The second kappa shape index (κ2) is 34.6. The highest BCUT2D eigenvalue weighted by Gasteiger charge is 2.42. The first-order valence-corrected chi connectivity index (χ1v) is 43.7. The van der Waals surface area contributed by atoms with Gasteiger partial charge in [-0.2, -0.15) is 94.0 Å². The highest BCUT2D eigenvalue weighted by molar-refractivity contribution is 7.59. The van der Waals surface area contributed by atoms with Crippen molar-refractivity contribution in [1.82, 2.24) is 54.2 Å². The maximum absolute atomic E-state index is 14.7. The molecule has 33 heteroatoms. The number of aromatic nitrogens is 8. The van der Waals surface area contributed by atoms with Crippen molar-refractivity contribution >= 4 is 94.0 Å². The predicted octanol–water partition coefficient (Wildman–Crippen LogP) is 13.1. The summed E-state index contributed by atoms with van der Waals surface area (Å²) >= 11 is 0. The number of benzene rings is 2. The van der Waals surface area contributed by atoms with Crippen molar-refractivity contribution in [1.29, 1.82) is 10.5 Å². The van der Waals surface area contributed by atoms with Crippen LogP contribution in [-0.2, 0) is 66.0 Å². The lowest BCUT2D eigenvalue weighted by molar-refractivity contribution is -0.137. The van der Waals surface area contributed by atoms with Crippen LogP contribution in [0.5, 0.6) is 12.0 Å². The third-order valence-corrected chi connectivity index (χ3v) is 23.8. The Morgan fingerprint density at radius 1 is 0.571 bits per heavy atom. The fourth-order valence-corrected chi connectivity index (χ4v) is 16.2. The number of carbonyl (C=O) groups excluding carboxylic acids is 1. The number of amides is 1. The number of nitriles is 2. The van der Waals surface area contributed by atoms with Gasteiger partial charge in [-0.25, -0.2) is 14.2 Å². The van der Waals surface area contributed by atoms with Crippen LogP contribution in [0.2, 0.25) is 51.4 Å². The number of fused-ring (bicyclic) bond motifs is 4. The van der Waals surface area contributed by atoms with Gasteiger partial charge in [0.15, 0.2) is 0 Å². The third-order valence-electron chi connectivity index (χ3n) is 20.4. The highest BCUT2D eigenvalue weighted by atomic mass is 32.1. The number of piperazine rings is 1. The molecule has 23 nitrogen and oxygen atoms in total. The van der Waals surface area contributed by atoms with E-state index in [0.717, 1.165) is 99.3 Å². The van der Waals surface area contributed by atoms with Gasteiger partial charge < -0.3 is 58.0 Å². The van der Waals surface area contributed by atoms with E-state index in [9.17, 15) is 41.7 Å². The topological polar surface area (TPSA) is 221 Å². The Morgan fingerprint density at radius 3 is 1.45 bits per heavy atom. The number of hydrogen-bond donors (Lipinski definition) is 0. The van der Waals surface area contributed by atoms with Gasteiger partial charge >= 0.3 is 30.5 Å². The Hall–Kier alpha value is -6.86. The Bertz CT molecular complexity index is 4050. The van der Waals surface area contributed by atoms with Gasteiger partial charge in [-0.1, -0.05) is 39.3 Å². The van der Waals surface area contributed by atoms with Gasteiger partial charge in [0.2, 0.25) is 0 Å². The van der Waals surface area contributed by atoms with Gasteiger partial charge in [0.25, 0.3) is 0 Å². The summed E-state index contributed by atoms with van der Waals surface area (Å²) < 4.78 is 121. The van der Waals surface area contributed by atoms with Crippen LogP contribution in [0.1, 0.15) is 106 Å². The molecular weight excluding hydrogens is 1430 g/mol. The molecule has 576 valence electrons. The van der Waals surface area contributed by atoms with E-state index < -0.39 is 57.4 Å². The quantitative estimate of drug-likeness (QED) is 0.0350. The molecule has 6 aliphatic heterocycles. The van der Waals surface area contributed by atoms with E-state index in [1.54, 1.807) is 44.8 Å². The molecule has 10 heterocycles. The SMILES string of the molecule is CN1CCC[C@H]1COc1nc2c(c(N3CCCC(CC#N)C3)n1)CCN(c1c(C(F)(F)F)ccc3c1cnn3COCC[Si](C)(C)C)C2.CN1CCC[C@H]1COc1nc2c(c(N3CCN(C(=O)OC(C)(C)C)C(CC#N)C3)n1)CCN(c1c(C(F)(F)F)ccc3c1cnn3COCC[Si](C)(C)C)C2.S.S. The maximum Gasteiger partial charge on any atom is 0.418 e. The van der Waals surface area contributed by atoms with Gasteiger partial charge in [-0.3, -0.25) is 0 Å². The molecule has 4 saturated heterocycles. The number of hydrogen-bond acceptors (Lipinski definition) is 20. The lowest BCUT2D eigenvalue weighted by Gasteiger charge is -2.42. The van der Waals surface area contributed by atoms with E-state index in [0.29, 0.717) is 117 Å². The van der Waals surface area contributed by atoms with Crippen molar-refractivity contribution in [2.45, 2.75) is 199 Å². The van der Waals surface area contributed by atoms with E-state index in [1.165, 1.54) is 24.5 Å². The van der Waals surface area contributed by atoms with Crippen molar-refractivity contribution in [3.8, 4) is 24.2 Å². The van der Waals surface area contributed by atoms with Crippen LogP contribution < -0.4 is 29.1 Å². The average molecular weight is 1540 g/mol. The van der Waals surface area contributed by atoms with E-state index in [4.69, 9.17) is 43.6 Å². The van der Waals surface area contributed by atoms with Crippen LogP contribution >= 0.6 is 27.0 Å². The van der Waals surface area contributed by atoms with E-state index in [1.807, 2.05) is 4.90 Å². The minimum atomic E-state index is -4.61. The molecule has 0 spiro atoms. The second-order valence-corrected chi connectivity index (χ2v) is 43.0. The van der Waals surface area contributed by atoms with E-state index in [-0.39, 0.29) is 108 Å². The van der Waals surface area contributed by atoms with E-state index >= 15 is 0 Å². The zero-order valence-electron chi connectivity index (χ0n) is 62.6. The lowest BCUT2D eigenvalue weighted by Crippen LogP contribution is -2.56. The zero-order chi connectivity index (χ0) is 73.8. The molecule has 105 heavy (non-hydrogen) atoms. The van der Waals surface area contributed by atoms with Crippen LogP contribution in [0.4, 0.5) is 54.1 Å². The number of halogens is 6. The van der Waals surface area contributed by atoms with Crippen molar-refractivity contribution in [3.05, 3.63) is 70.3 Å². The molecule has 6 aromatic rings. The van der Waals surface area contributed by atoms with Gasteiger partial charge in [0, 0.05) is 116 Å². The number of likely N-dealkylation sites (tertiary alicyclic amines) is 2. The third kappa shape index (κ3) is 20.5. The summed E-state index contributed by atoms with van der Waals surface area (Å²) in [5.74, 6) is 1.65. The summed E-state index contributed by atoms with van der Waals surface area (Å²) in [6, 6.07) is 12.2. The molecule has 4 aromatic heterocycles. The second-order valence-electron chi connectivity index (χ2n) is 31.7. The standard InChI is InChI=1S/C38H54F3N9O4Si.C34H47F3N8O2Si.2H2S/c1-37(2,3)54-36(51)49-18-17-48(22-26(49)12-14-42)34-28-13-16-47(23-31(28)44-35(45-34)53-24-27-9-8-15-46(27)4)33-29-21-43-50(25-52-19-20-55(5,6)7)32(29)11-10-30(33)38(39,40)41;1-42-14-6-8-25(42)22-47-33-40-29-21-43(16-12-26(29)32(41-33)44-15-5-7-24(20-44)11-13-38)31-27-19-39-45(23-46-17-18-48(2,3)4)30(27)10-9-28(31)34(35,36)37;;/h10-11,21,26-27H,8-9,12-13,15-20,22-25H2,1-7H3;9-10,19,24-25H,5-8,11-12,14-18,20-23H2,1-4H3;2*1H2/t26?,27-;24?,25-;;/m00../s1. The number of anilines is 4. The first-order chi connectivity index (χ1) is 48.8. The molecule has 4 atom stereocenters. The largest absolute Gasteiger partial charge is 0.462 e. The molecule has 0 bridgehead atoms. The van der Waals surface area contributed by atoms with Gasteiger partial charge in [-0.15, -0.1) is 0 Å². The minimum Gasteiger partial charge on any atom is -0.462 e. The number of piperidine rings is 1. The molecule has 0 N–H and O–H groups in total. The van der Waals surface area contributed by atoms with Crippen molar-refractivity contribution < 1.29 is 54.8 Å². The van der Waals surface area contributed by atoms with Crippen molar-refractivity contribution in [3.63, 3.8) is 0 Å². The summed E-state index contributed by atoms with van der Waals surface area (Å²) in [6.45, 7) is 26.7. The number of likely N-dealkylation sites (N-methyl/N-ethyl adjacent to an activating group) is 2. The number of alkyl halides is 6. The van der Waals surface area contributed by atoms with Gasteiger partial charge in [0.1, 0.15) is 43.9 Å². The molecule has 0 radical (unpaired) electrons. The minimum absolute atomic E-state index is 0. The summed E-state index contributed by atoms with van der Waals surface area (Å²) in [5.41, 5.74) is 2.21. The highest BCUT2D eigenvalue weighted by Crippen LogP contribution is 2.46. The van der Waals surface area contributed by atoms with Crippen LogP contribution in [0.25, 0.3) is 21.8 Å². The predicted molar refractivity (Wildman–Crippen MR) is 409 cm³/mol. The Labute approximate surface area is 628 Å². The monoisotopic (exact) mass is 1540 g/mol. The summed E-state index contributed by atoms with van der Waals surface area (Å²) in [7, 11) is 1.53. The maximum atomic E-state index is 14.7. The fourth-order valence-electron chi connectivity index (χ4n) is 14.7. The molecular formula is C72H105F6N17O6S2Si2. The first kappa shape index (κ1) is 82.2. The molecule has 6 aliphatic rings. The van der Waals surface area contributed by atoms with Crippen LogP contribution in [0.3, 0.4) is 0 Å². The number of ether oxygens (including phenoxy) is 5. The van der Waals surface area contributed by atoms with Crippen LogP contribution in [0.15, 0.2) is 36.7 Å². The number of carbonyl (C=O) groups is 1. The fraction of sp³-hybridized carbons (Fsp3) is 0.653. The number of rotatable bonds is 22. The Morgan fingerprint density at radius 2 is 1.03 bits per heavy atom. The molecule has 2 unspecified atom stereocenters. The molecule has 0 aliphatic carbocycles. The molecule has 2 aromatic carbocycles. The van der Waals surface area contributed by atoms with Gasteiger partial charge in [0.05, 0.1) is 95.0 Å². The average Bonchev–Trinajstić information content (AvgIpc) is 1.73. The normalized spacial score (nSPS) is 19.9. The zero-order valence-corrected chi connectivity index (χ0v) is 66.6. The molecule has 4 fully saturated rings. The summed E-state index contributed by atoms with van der Waals surface area (Å²) in [4.78, 5) is 46.6. The van der Waals surface area contributed by atoms with Crippen LogP contribution in [0, 0.1) is 28.6 Å². The number of nitrogens with zero attached hydrogens (tertiary/aromatic N) is 17. The Kier molecular flexibility index (Phi) is 27.1. The Balaban J connectivity index is 0.000000241. The summed E-state index contributed by atoms with van der Waals surface area (Å²) in [5, 5.41) is 28.8. The smallest absolute Gasteiger partial charge is 0.418 e. The van der Waals surface area contributed by atoms with Crippen LogP contribution in [-0.4, -0.2) is 200 Å². The first-order valence-electron chi connectivity index (χ1n) is 36.3. The molecule has 1 amide bonds. The van der Waals surface area contributed by atoms with Crippen molar-refractivity contribution in [2.75, 3.05) is 119 Å². The van der Waals surface area contributed by atoms with E-state index in [2.05, 4.69) is 90.4 Å². The molecule has 12 rings (SSSR count). The summed E-state index contributed by atoms with van der Waals surface area (Å²) in [6.07, 6.45) is 0.926. The lowest BCUT2D eigenvalue weighted by atomic mass is 9.94. The van der Waals surface area contributed by atoms with Gasteiger partial charge in [-0.05, 0) is 142 Å². The molecule has 0 saturated carbocycles. The van der Waals surface area contributed by atoms with Crippen molar-refractivity contribution in [2.24, 2.45) is 5.92 Å².